The second-order valence-electron chi connectivity index (χ2n) is 4.25. The van der Waals surface area contributed by atoms with E-state index < -0.39 is 20.9 Å². The van der Waals surface area contributed by atoms with Crippen LogP contribution in [0.25, 0.3) is 0 Å². The van der Waals surface area contributed by atoms with Gasteiger partial charge in [-0.05, 0) is 30.4 Å². The lowest BCUT2D eigenvalue weighted by molar-refractivity contribution is 0.521. The minimum atomic E-state index is -3.85. The molecule has 2 rings (SSSR count). The Bertz CT molecular complexity index is 517. The van der Waals surface area contributed by atoms with E-state index in [1.807, 2.05) is 0 Å². The van der Waals surface area contributed by atoms with E-state index in [4.69, 9.17) is 0 Å². The van der Waals surface area contributed by atoms with Gasteiger partial charge in [-0.25, -0.2) is 22.5 Å². The third kappa shape index (κ3) is 2.83. The fourth-order valence-electron chi connectivity index (χ4n) is 1.42. The van der Waals surface area contributed by atoms with E-state index in [0.717, 1.165) is 24.2 Å². The van der Waals surface area contributed by atoms with Crippen molar-refractivity contribution in [3.63, 3.8) is 0 Å². The summed E-state index contributed by atoms with van der Waals surface area (Å²) in [6.45, 7) is 0.316. The van der Waals surface area contributed by atoms with Gasteiger partial charge in [0.15, 0.2) is 5.82 Å². The normalized spacial score (nSPS) is 18.0. The summed E-state index contributed by atoms with van der Waals surface area (Å²) in [5.74, 6) is -0.830. The smallest absolute Gasteiger partial charge is 0.241 e. The molecule has 7 heteroatoms. The fraction of sp³-hybridized carbons (Fsp3) is 0.500. The van der Waals surface area contributed by atoms with Gasteiger partial charge in [0.1, 0.15) is 0 Å². The largest absolute Gasteiger partial charge is 0.261 e. The highest BCUT2D eigenvalue weighted by molar-refractivity contribution is 9.09. The van der Waals surface area contributed by atoms with E-state index in [9.17, 15) is 12.8 Å². The van der Waals surface area contributed by atoms with Crippen molar-refractivity contribution in [3.8, 4) is 0 Å². The number of rotatable bonds is 5. The van der Waals surface area contributed by atoms with Gasteiger partial charge in [0.25, 0.3) is 10.0 Å². The maximum Gasteiger partial charge on any atom is 0.261 e. The molecule has 4 nitrogen and oxygen atoms in total. The second kappa shape index (κ2) is 4.62. The van der Waals surface area contributed by atoms with E-state index >= 15 is 0 Å². The van der Waals surface area contributed by atoms with E-state index in [0.29, 0.717) is 6.54 Å². The van der Waals surface area contributed by atoms with Crippen molar-refractivity contribution >= 4 is 26.0 Å². The van der Waals surface area contributed by atoms with Crippen molar-refractivity contribution in [2.75, 3.05) is 11.9 Å². The van der Waals surface area contributed by atoms with Crippen LogP contribution in [-0.4, -0.2) is 25.3 Å². The van der Waals surface area contributed by atoms with Gasteiger partial charge in [-0.2, -0.15) is 0 Å². The lowest BCUT2D eigenvalue weighted by Gasteiger charge is -2.12. The molecule has 0 spiro atoms. The standard InChI is InChI=1S/C10H12BrFN2O2S/c11-6-10(3-4-10)7-14-17(15,16)9-8(12)2-1-5-13-9/h1-2,5,14H,3-4,6-7H2. The molecule has 1 aliphatic rings. The first-order valence-electron chi connectivity index (χ1n) is 5.15. The van der Waals surface area contributed by atoms with Gasteiger partial charge in [-0.3, -0.25) is 0 Å². The molecule has 1 saturated carbocycles. The van der Waals surface area contributed by atoms with Crippen LogP contribution in [0.2, 0.25) is 0 Å². The summed E-state index contributed by atoms with van der Waals surface area (Å²) in [5.41, 5.74) is -0.00166. The Hall–Kier alpha value is -0.530. The van der Waals surface area contributed by atoms with Gasteiger partial charge in [-0.1, -0.05) is 15.9 Å². The van der Waals surface area contributed by atoms with Gasteiger partial charge in [0, 0.05) is 18.1 Å². The Kier molecular flexibility index (Phi) is 3.51. The van der Waals surface area contributed by atoms with Crippen molar-refractivity contribution in [1.29, 1.82) is 0 Å². The molecule has 0 atom stereocenters. The zero-order valence-corrected chi connectivity index (χ0v) is 11.4. The summed E-state index contributed by atoms with van der Waals surface area (Å²) in [7, 11) is -3.85. The van der Waals surface area contributed by atoms with Crippen molar-refractivity contribution in [1.82, 2.24) is 9.71 Å². The number of alkyl halides is 1. The molecule has 94 valence electrons. The molecular formula is C10H12BrFN2O2S. The Morgan fingerprint density at radius 3 is 2.76 bits per heavy atom. The van der Waals surface area contributed by atoms with Gasteiger partial charge >= 0.3 is 0 Å². The maximum absolute atomic E-state index is 13.3. The van der Waals surface area contributed by atoms with Crippen LogP contribution in [0.1, 0.15) is 12.8 Å². The van der Waals surface area contributed by atoms with Gasteiger partial charge in [0.05, 0.1) is 0 Å². The van der Waals surface area contributed by atoms with E-state index in [1.165, 1.54) is 12.3 Å². The van der Waals surface area contributed by atoms with Crippen molar-refractivity contribution in [3.05, 3.63) is 24.1 Å². The minimum Gasteiger partial charge on any atom is -0.241 e. The molecular weight excluding hydrogens is 311 g/mol. The SMILES string of the molecule is O=S(=O)(NCC1(CBr)CC1)c1ncccc1F. The topological polar surface area (TPSA) is 59.1 Å². The predicted molar refractivity (Wildman–Crippen MR) is 64.8 cm³/mol. The zero-order valence-electron chi connectivity index (χ0n) is 8.99. The van der Waals surface area contributed by atoms with Crippen LogP contribution in [0.4, 0.5) is 4.39 Å². The van der Waals surface area contributed by atoms with Crippen molar-refractivity contribution in [2.24, 2.45) is 5.41 Å². The molecule has 17 heavy (non-hydrogen) atoms. The lowest BCUT2D eigenvalue weighted by atomic mass is 10.1. The molecule has 0 radical (unpaired) electrons. The van der Waals surface area contributed by atoms with Crippen molar-refractivity contribution < 1.29 is 12.8 Å². The second-order valence-corrected chi connectivity index (χ2v) is 6.49. The molecule has 0 amide bonds. The number of sulfonamides is 1. The first-order valence-corrected chi connectivity index (χ1v) is 7.76. The molecule has 1 aromatic heterocycles. The minimum absolute atomic E-state index is 0.00166. The molecule has 0 bridgehead atoms. The Morgan fingerprint density at radius 2 is 2.24 bits per heavy atom. The van der Waals surface area contributed by atoms with Crippen molar-refractivity contribution in [2.45, 2.75) is 17.9 Å². The highest BCUT2D eigenvalue weighted by Gasteiger charge is 2.42. The van der Waals surface area contributed by atoms with Crippen LogP contribution in [0.15, 0.2) is 23.4 Å². The summed E-state index contributed by atoms with van der Waals surface area (Å²) in [5, 5.41) is 0.207. The lowest BCUT2D eigenvalue weighted by Crippen LogP contribution is -2.32. The molecule has 1 aromatic rings. The Labute approximate surface area is 108 Å². The quantitative estimate of drug-likeness (QED) is 0.839. The van der Waals surface area contributed by atoms with E-state index in [-0.39, 0.29) is 5.41 Å². The van der Waals surface area contributed by atoms with Crippen LogP contribution in [0.5, 0.6) is 0 Å². The summed E-state index contributed by atoms with van der Waals surface area (Å²) < 4.78 is 39.4. The summed E-state index contributed by atoms with van der Waals surface area (Å²) in [4.78, 5) is 3.56. The number of aromatic nitrogens is 1. The summed E-state index contributed by atoms with van der Waals surface area (Å²) in [6.07, 6.45) is 3.21. The molecule has 1 heterocycles. The Morgan fingerprint density at radius 1 is 1.53 bits per heavy atom. The third-order valence-corrected chi connectivity index (χ3v) is 5.38. The molecule has 0 saturated heterocycles. The average molecular weight is 323 g/mol. The Balaban J connectivity index is 2.12. The van der Waals surface area contributed by atoms with Crippen LogP contribution >= 0.6 is 15.9 Å². The van der Waals surface area contributed by atoms with Crippen LogP contribution in [0.3, 0.4) is 0 Å². The van der Waals surface area contributed by atoms with Crippen LogP contribution in [0, 0.1) is 11.2 Å². The highest BCUT2D eigenvalue weighted by atomic mass is 79.9. The van der Waals surface area contributed by atoms with E-state index in [1.54, 1.807) is 0 Å². The molecule has 1 N–H and O–H groups in total. The summed E-state index contributed by atoms with van der Waals surface area (Å²) in [6, 6.07) is 2.44. The highest BCUT2D eigenvalue weighted by Crippen LogP contribution is 2.46. The molecule has 0 aliphatic heterocycles. The average Bonchev–Trinajstić information content (AvgIpc) is 3.08. The fourth-order valence-corrected chi connectivity index (χ4v) is 3.34. The van der Waals surface area contributed by atoms with Gasteiger partial charge < -0.3 is 0 Å². The molecule has 0 aromatic carbocycles. The van der Waals surface area contributed by atoms with Crippen LogP contribution < -0.4 is 4.72 Å². The third-order valence-electron chi connectivity index (χ3n) is 2.86. The maximum atomic E-state index is 13.3. The van der Waals surface area contributed by atoms with Gasteiger partial charge in [0.2, 0.25) is 5.03 Å². The molecule has 0 unspecified atom stereocenters. The molecule has 1 fully saturated rings. The van der Waals surface area contributed by atoms with Gasteiger partial charge in [-0.15, -0.1) is 0 Å². The first-order chi connectivity index (χ1) is 7.99. The number of nitrogens with zero attached hydrogens (tertiary/aromatic N) is 1. The number of pyridine rings is 1. The number of hydrogen-bond acceptors (Lipinski definition) is 3. The number of hydrogen-bond donors (Lipinski definition) is 1. The summed E-state index contributed by atoms with van der Waals surface area (Å²) >= 11 is 3.35. The monoisotopic (exact) mass is 322 g/mol. The first kappa shape index (κ1) is 12.9. The molecule has 1 aliphatic carbocycles. The number of nitrogens with one attached hydrogen (secondary N) is 1. The predicted octanol–water partition coefficient (Wildman–Crippen LogP) is 1.67. The number of halogens is 2. The van der Waals surface area contributed by atoms with Crippen LogP contribution in [-0.2, 0) is 10.0 Å². The zero-order chi connectivity index (χ0) is 12.5. The van der Waals surface area contributed by atoms with E-state index in [2.05, 4.69) is 25.6 Å².